The summed E-state index contributed by atoms with van der Waals surface area (Å²) in [6, 6.07) is 7.75. The van der Waals surface area contributed by atoms with E-state index in [2.05, 4.69) is 10.2 Å². The molecule has 2 rings (SSSR count). The molecular weight excluding hydrogens is 218 g/mol. The molecule has 0 unspecified atom stereocenters. The van der Waals surface area contributed by atoms with Gasteiger partial charge in [0.25, 0.3) is 0 Å². The quantitative estimate of drug-likeness (QED) is 0.787. The first-order chi connectivity index (χ1) is 8.36. The normalized spacial score (nSPS) is 10.5. The van der Waals surface area contributed by atoms with Gasteiger partial charge >= 0.3 is 0 Å². The van der Waals surface area contributed by atoms with Gasteiger partial charge in [0.15, 0.2) is 5.82 Å². The first kappa shape index (κ1) is 11.6. The Balaban J connectivity index is 2.35. The van der Waals surface area contributed by atoms with E-state index in [9.17, 15) is 0 Å². The van der Waals surface area contributed by atoms with E-state index in [0.29, 0.717) is 6.61 Å². The maximum Gasteiger partial charge on any atom is 0.167 e. The molecule has 0 saturated carbocycles. The Morgan fingerprint density at radius 1 is 1.24 bits per heavy atom. The van der Waals surface area contributed by atoms with Gasteiger partial charge < -0.3 is 14.0 Å². The molecule has 0 aliphatic rings. The number of rotatable bonds is 5. The van der Waals surface area contributed by atoms with Crippen LogP contribution in [0.3, 0.4) is 0 Å². The van der Waals surface area contributed by atoms with Crippen molar-refractivity contribution in [2.24, 2.45) is 0 Å². The molecule has 0 radical (unpaired) electrons. The zero-order valence-corrected chi connectivity index (χ0v) is 9.96. The largest absolute Gasteiger partial charge is 0.496 e. The van der Waals surface area contributed by atoms with Crippen molar-refractivity contribution in [2.45, 2.75) is 6.54 Å². The lowest BCUT2D eigenvalue weighted by molar-refractivity contribution is 0.187. The van der Waals surface area contributed by atoms with Crippen LogP contribution in [0.25, 0.3) is 11.4 Å². The third-order valence-corrected chi connectivity index (χ3v) is 2.50. The molecule has 5 heteroatoms. The third kappa shape index (κ3) is 2.45. The zero-order valence-electron chi connectivity index (χ0n) is 9.96. The molecule has 0 aliphatic carbocycles. The van der Waals surface area contributed by atoms with E-state index in [4.69, 9.17) is 9.47 Å². The lowest BCUT2D eigenvalue weighted by Crippen LogP contribution is -2.05. The van der Waals surface area contributed by atoms with Crippen molar-refractivity contribution in [3.8, 4) is 17.1 Å². The second-order valence-electron chi connectivity index (χ2n) is 3.54. The Hall–Kier alpha value is -1.88. The minimum atomic E-state index is 0.625. The van der Waals surface area contributed by atoms with Crippen molar-refractivity contribution >= 4 is 0 Å². The van der Waals surface area contributed by atoms with E-state index >= 15 is 0 Å². The van der Waals surface area contributed by atoms with Crippen LogP contribution in [0.5, 0.6) is 5.75 Å². The van der Waals surface area contributed by atoms with Crippen LogP contribution in [0.15, 0.2) is 30.6 Å². The summed E-state index contributed by atoms with van der Waals surface area (Å²) in [5.74, 6) is 1.58. The molecule has 1 heterocycles. The number of benzene rings is 1. The van der Waals surface area contributed by atoms with E-state index in [-0.39, 0.29) is 0 Å². The second kappa shape index (κ2) is 5.45. The first-order valence-corrected chi connectivity index (χ1v) is 5.37. The highest BCUT2D eigenvalue weighted by Crippen LogP contribution is 2.27. The summed E-state index contributed by atoms with van der Waals surface area (Å²) >= 11 is 0. The molecule has 0 amide bonds. The number of hydrogen-bond acceptors (Lipinski definition) is 4. The Bertz CT molecular complexity index is 482. The van der Waals surface area contributed by atoms with Gasteiger partial charge in [-0.15, -0.1) is 10.2 Å². The van der Waals surface area contributed by atoms with Crippen LogP contribution in [0.2, 0.25) is 0 Å². The Labute approximate surface area is 100 Å². The number of hydrogen-bond donors (Lipinski definition) is 0. The Morgan fingerprint density at radius 2 is 2.06 bits per heavy atom. The highest BCUT2D eigenvalue weighted by atomic mass is 16.5. The van der Waals surface area contributed by atoms with Crippen molar-refractivity contribution in [1.82, 2.24) is 14.8 Å². The van der Waals surface area contributed by atoms with E-state index in [1.165, 1.54) is 0 Å². The lowest BCUT2D eigenvalue weighted by atomic mass is 10.2. The summed E-state index contributed by atoms with van der Waals surface area (Å²) in [6.07, 6.45) is 1.70. The highest BCUT2D eigenvalue weighted by molar-refractivity contribution is 5.63. The number of ether oxygens (including phenoxy) is 2. The Morgan fingerprint density at radius 3 is 2.82 bits per heavy atom. The lowest BCUT2D eigenvalue weighted by Gasteiger charge is -2.09. The van der Waals surface area contributed by atoms with Crippen molar-refractivity contribution in [2.75, 3.05) is 20.8 Å². The third-order valence-electron chi connectivity index (χ3n) is 2.50. The van der Waals surface area contributed by atoms with Gasteiger partial charge in [-0.3, -0.25) is 0 Å². The van der Waals surface area contributed by atoms with Gasteiger partial charge in [0.05, 0.1) is 19.3 Å². The predicted molar refractivity (Wildman–Crippen MR) is 63.9 cm³/mol. The molecule has 0 fully saturated rings. The second-order valence-corrected chi connectivity index (χ2v) is 3.54. The molecule has 0 atom stereocenters. The van der Waals surface area contributed by atoms with Crippen LogP contribution in [0, 0.1) is 0 Å². The highest BCUT2D eigenvalue weighted by Gasteiger charge is 2.11. The number of para-hydroxylation sites is 1. The van der Waals surface area contributed by atoms with Gasteiger partial charge in [0, 0.05) is 13.7 Å². The summed E-state index contributed by atoms with van der Waals surface area (Å²) in [7, 11) is 3.32. The molecule has 0 saturated heterocycles. The van der Waals surface area contributed by atoms with Gasteiger partial charge in [0.2, 0.25) is 0 Å². The van der Waals surface area contributed by atoms with Crippen LogP contribution in [0.4, 0.5) is 0 Å². The van der Waals surface area contributed by atoms with Crippen LogP contribution >= 0.6 is 0 Å². The molecule has 1 aromatic carbocycles. The van der Waals surface area contributed by atoms with Crippen LogP contribution in [0.1, 0.15) is 0 Å². The molecule has 0 spiro atoms. The monoisotopic (exact) mass is 233 g/mol. The summed E-state index contributed by atoms with van der Waals surface area (Å²) < 4.78 is 12.3. The average molecular weight is 233 g/mol. The standard InChI is InChI=1S/C12H15N3O2/c1-16-8-7-15-9-13-14-12(15)10-5-3-4-6-11(10)17-2/h3-6,9H,7-8H2,1-2H3. The van der Waals surface area contributed by atoms with Crippen LogP contribution in [-0.4, -0.2) is 35.6 Å². The van der Waals surface area contributed by atoms with E-state index in [1.807, 2.05) is 28.8 Å². The van der Waals surface area contributed by atoms with E-state index in [0.717, 1.165) is 23.7 Å². The number of nitrogens with zero attached hydrogens (tertiary/aromatic N) is 3. The van der Waals surface area contributed by atoms with E-state index < -0.39 is 0 Å². The molecule has 0 N–H and O–H groups in total. The molecule has 5 nitrogen and oxygen atoms in total. The van der Waals surface area contributed by atoms with E-state index in [1.54, 1.807) is 20.5 Å². The molecule has 0 aliphatic heterocycles. The minimum Gasteiger partial charge on any atom is -0.496 e. The molecule has 2 aromatic rings. The van der Waals surface area contributed by atoms with Gasteiger partial charge in [-0.1, -0.05) is 12.1 Å². The maximum absolute atomic E-state index is 5.32. The summed E-state index contributed by atoms with van der Waals surface area (Å²) in [5.41, 5.74) is 0.934. The van der Waals surface area contributed by atoms with Crippen molar-refractivity contribution < 1.29 is 9.47 Å². The van der Waals surface area contributed by atoms with Crippen LogP contribution < -0.4 is 4.74 Å². The van der Waals surface area contributed by atoms with Crippen molar-refractivity contribution in [3.05, 3.63) is 30.6 Å². The fourth-order valence-corrected chi connectivity index (χ4v) is 1.65. The molecule has 17 heavy (non-hydrogen) atoms. The SMILES string of the molecule is COCCn1cnnc1-c1ccccc1OC. The van der Waals surface area contributed by atoms with Gasteiger partial charge in [0.1, 0.15) is 12.1 Å². The average Bonchev–Trinajstić information content (AvgIpc) is 2.84. The fraction of sp³-hybridized carbons (Fsp3) is 0.333. The van der Waals surface area contributed by atoms with Gasteiger partial charge in [-0.05, 0) is 12.1 Å². The predicted octanol–water partition coefficient (Wildman–Crippen LogP) is 1.60. The maximum atomic E-state index is 5.32. The summed E-state index contributed by atoms with van der Waals surface area (Å²) in [6.45, 7) is 1.34. The molecular formula is C12H15N3O2. The molecule has 1 aromatic heterocycles. The van der Waals surface area contributed by atoms with Gasteiger partial charge in [-0.2, -0.15) is 0 Å². The topological polar surface area (TPSA) is 49.2 Å². The number of aromatic nitrogens is 3. The smallest absolute Gasteiger partial charge is 0.167 e. The van der Waals surface area contributed by atoms with Gasteiger partial charge in [-0.25, -0.2) is 0 Å². The number of methoxy groups -OCH3 is 2. The van der Waals surface area contributed by atoms with Crippen LogP contribution in [-0.2, 0) is 11.3 Å². The summed E-state index contributed by atoms with van der Waals surface area (Å²) in [5, 5.41) is 8.05. The minimum absolute atomic E-state index is 0.625. The fourth-order valence-electron chi connectivity index (χ4n) is 1.65. The first-order valence-electron chi connectivity index (χ1n) is 5.37. The summed E-state index contributed by atoms with van der Waals surface area (Å²) in [4.78, 5) is 0. The van der Waals surface area contributed by atoms with Crippen molar-refractivity contribution in [3.63, 3.8) is 0 Å². The Kier molecular flexibility index (Phi) is 3.72. The molecule has 90 valence electrons. The molecule has 0 bridgehead atoms. The van der Waals surface area contributed by atoms with Crippen molar-refractivity contribution in [1.29, 1.82) is 0 Å². The zero-order chi connectivity index (χ0) is 12.1.